The van der Waals surface area contributed by atoms with Gasteiger partial charge in [-0.05, 0) is 13.3 Å². The van der Waals surface area contributed by atoms with Gasteiger partial charge in [-0.25, -0.2) is 0 Å². The molecule has 1 amide bonds. The van der Waals surface area contributed by atoms with Gasteiger partial charge in [-0.1, -0.05) is 13.8 Å². The van der Waals surface area contributed by atoms with Crippen LogP contribution < -0.4 is 5.32 Å². The SMILES string of the molecule is CCOC1CC(NC(=O)COCCOC)C1(C)C. The van der Waals surface area contributed by atoms with Crippen molar-refractivity contribution in [3.8, 4) is 0 Å². The van der Waals surface area contributed by atoms with E-state index in [2.05, 4.69) is 19.2 Å². The van der Waals surface area contributed by atoms with Crippen molar-refractivity contribution in [2.24, 2.45) is 5.41 Å². The summed E-state index contributed by atoms with van der Waals surface area (Å²) in [5.74, 6) is -0.0703. The van der Waals surface area contributed by atoms with E-state index in [1.807, 2.05) is 6.92 Å². The Morgan fingerprint density at radius 2 is 2.11 bits per heavy atom. The van der Waals surface area contributed by atoms with Gasteiger partial charge in [0.05, 0.1) is 19.3 Å². The highest BCUT2D eigenvalue weighted by Gasteiger charge is 2.49. The first-order chi connectivity index (χ1) is 8.52. The topological polar surface area (TPSA) is 56.8 Å². The van der Waals surface area contributed by atoms with E-state index in [0.29, 0.717) is 13.2 Å². The first-order valence-electron chi connectivity index (χ1n) is 6.50. The van der Waals surface area contributed by atoms with E-state index >= 15 is 0 Å². The summed E-state index contributed by atoms with van der Waals surface area (Å²) < 4.78 is 15.6. The Kier molecular flexibility index (Phi) is 6.05. The second-order valence-electron chi connectivity index (χ2n) is 5.17. The monoisotopic (exact) mass is 259 g/mol. The molecular weight excluding hydrogens is 234 g/mol. The molecule has 106 valence electrons. The lowest BCUT2D eigenvalue weighted by atomic mass is 9.64. The molecule has 1 saturated carbocycles. The highest BCUT2D eigenvalue weighted by molar-refractivity contribution is 5.77. The van der Waals surface area contributed by atoms with Crippen molar-refractivity contribution in [2.45, 2.75) is 39.3 Å². The molecule has 5 nitrogen and oxygen atoms in total. The normalized spacial score (nSPS) is 25.6. The van der Waals surface area contributed by atoms with Crippen LogP contribution in [0.5, 0.6) is 0 Å². The highest BCUT2D eigenvalue weighted by Crippen LogP contribution is 2.42. The molecule has 2 atom stereocenters. The summed E-state index contributed by atoms with van der Waals surface area (Å²) in [5.41, 5.74) is -0.00179. The minimum absolute atomic E-state index is 0.00179. The van der Waals surface area contributed by atoms with Crippen molar-refractivity contribution in [2.75, 3.05) is 33.5 Å². The van der Waals surface area contributed by atoms with E-state index in [-0.39, 0.29) is 30.1 Å². The first-order valence-corrected chi connectivity index (χ1v) is 6.50. The van der Waals surface area contributed by atoms with Crippen molar-refractivity contribution in [3.05, 3.63) is 0 Å². The van der Waals surface area contributed by atoms with Crippen LogP contribution >= 0.6 is 0 Å². The Morgan fingerprint density at radius 3 is 2.67 bits per heavy atom. The van der Waals surface area contributed by atoms with Gasteiger partial charge in [-0.15, -0.1) is 0 Å². The molecule has 1 N–H and O–H groups in total. The van der Waals surface area contributed by atoms with Gasteiger partial charge in [0, 0.05) is 25.2 Å². The van der Waals surface area contributed by atoms with Gasteiger partial charge < -0.3 is 19.5 Å². The van der Waals surface area contributed by atoms with Crippen molar-refractivity contribution >= 4 is 5.91 Å². The molecule has 0 radical (unpaired) electrons. The molecule has 0 aromatic heterocycles. The molecule has 0 saturated heterocycles. The molecule has 1 aliphatic carbocycles. The molecule has 0 aliphatic heterocycles. The molecule has 1 fully saturated rings. The molecule has 0 bridgehead atoms. The van der Waals surface area contributed by atoms with Crippen LogP contribution in [0.2, 0.25) is 0 Å². The quantitative estimate of drug-likeness (QED) is 0.660. The van der Waals surface area contributed by atoms with Crippen LogP contribution in [0.25, 0.3) is 0 Å². The summed E-state index contributed by atoms with van der Waals surface area (Å²) in [7, 11) is 1.61. The zero-order valence-corrected chi connectivity index (χ0v) is 11.8. The van der Waals surface area contributed by atoms with Crippen molar-refractivity contribution < 1.29 is 19.0 Å². The number of carbonyl (C=O) groups is 1. The lowest BCUT2D eigenvalue weighted by Crippen LogP contribution is -2.62. The van der Waals surface area contributed by atoms with Gasteiger partial charge in [0.25, 0.3) is 0 Å². The van der Waals surface area contributed by atoms with Gasteiger partial charge in [0.1, 0.15) is 6.61 Å². The Balaban J connectivity index is 2.21. The standard InChI is InChI=1S/C13H25NO4/c1-5-18-11-8-10(13(11,2)3)14-12(15)9-17-7-6-16-4/h10-11H,5-9H2,1-4H3,(H,14,15). The summed E-state index contributed by atoms with van der Waals surface area (Å²) in [5, 5.41) is 2.99. The summed E-state index contributed by atoms with van der Waals surface area (Å²) in [6, 6.07) is 0.174. The molecule has 5 heteroatoms. The fraction of sp³-hybridized carbons (Fsp3) is 0.923. The van der Waals surface area contributed by atoms with Crippen molar-refractivity contribution in [3.63, 3.8) is 0 Å². The summed E-state index contributed by atoms with van der Waals surface area (Å²) >= 11 is 0. The Morgan fingerprint density at radius 1 is 1.39 bits per heavy atom. The summed E-state index contributed by atoms with van der Waals surface area (Å²) in [6.07, 6.45) is 1.12. The fourth-order valence-electron chi connectivity index (χ4n) is 2.16. The molecule has 1 rings (SSSR count). The number of hydrogen-bond acceptors (Lipinski definition) is 4. The van der Waals surface area contributed by atoms with E-state index in [1.165, 1.54) is 0 Å². The molecule has 1 aliphatic rings. The van der Waals surface area contributed by atoms with Gasteiger partial charge in [0.2, 0.25) is 5.91 Å². The molecule has 0 aromatic carbocycles. The molecular formula is C13H25NO4. The van der Waals surface area contributed by atoms with Gasteiger partial charge in [-0.2, -0.15) is 0 Å². The van der Waals surface area contributed by atoms with Crippen LogP contribution in [0.3, 0.4) is 0 Å². The summed E-state index contributed by atoms with van der Waals surface area (Å²) in [4.78, 5) is 11.6. The Hall–Kier alpha value is -0.650. The number of carbonyl (C=O) groups excluding carboxylic acids is 1. The number of hydrogen-bond donors (Lipinski definition) is 1. The average molecular weight is 259 g/mol. The smallest absolute Gasteiger partial charge is 0.246 e. The number of methoxy groups -OCH3 is 1. The van der Waals surface area contributed by atoms with E-state index < -0.39 is 0 Å². The Bertz CT molecular complexity index is 268. The van der Waals surface area contributed by atoms with Crippen LogP contribution in [-0.4, -0.2) is 51.6 Å². The predicted molar refractivity (Wildman–Crippen MR) is 68.4 cm³/mol. The van der Waals surface area contributed by atoms with E-state index in [0.717, 1.165) is 13.0 Å². The Labute approximate surface area is 109 Å². The van der Waals surface area contributed by atoms with Crippen molar-refractivity contribution in [1.82, 2.24) is 5.32 Å². The molecule has 0 spiro atoms. The number of ether oxygens (including phenoxy) is 3. The van der Waals surface area contributed by atoms with E-state index in [9.17, 15) is 4.79 Å². The maximum absolute atomic E-state index is 11.6. The van der Waals surface area contributed by atoms with Crippen LogP contribution in [0, 0.1) is 5.41 Å². The minimum atomic E-state index is -0.0703. The third-order valence-electron chi connectivity index (χ3n) is 3.55. The van der Waals surface area contributed by atoms with E-state index in [4.69, 9.17) is 14.2 Å². The molecule has 2 unspecified atom stereocenters. The predicted octanol–water partition coefficient (Wildman–Crippen LogP) is 0.969. The average Bonchev–Trinajstić information content (AvgIpc) is 2.33. The highest BCUT2D eigenvalue weighted by atomic mass is 16.5. The lowest BCUT2D eigenvalue weighted by molar-refractivity contribution is -0.140. The molecule has 0 aromatic rings. The first kappa shape index (κ1) is 15.4. The second-order valence-corrected chi connectivity index (χ2v) is 5.17. The molecule has 18 heavy (non-hydrogen) atoms. The third-order valence-corrected chi connectivity index (χ3v) is 3.55. The maximum Gasteiger partial charge on any atom is 0.246 e. The van der Waals surface area contributed by atoms with Gasteiger partial charge in [0.15, 0.2) is 0 Å². The van der Waals surface area contributed by atoms with Crippen LogP contribution in [-0.2, 0) is 19.0 Å². The number of amides is 1. The number of nitrogens with one attached hydrogen (secondary N) is 1. The fourth-order valence-corrected chi connectivity index (χ4v) is 2.16. The van der Waals surface area contributed by atoms with Gasteiger partial charge in [-0.3, -0.25) is 4.79 Å². The van der Waals surface area contributed by atoms with E-state index in [1.54, 1.807) is 7.11 Å². The minimum Gasteiger partial charge on any atom is -0.382 e. The summed E-state index contributed by atoms with van der Waals surface area (Å²) in [6.45, 7) is 7.99. The number of rotatable bonds is 8. The van der Waals surface area contributed by atoms with Crippen LogP contribution in [0.15, 0.2) is 0 Å². The van der Waals surface area contributed by atoms with Crippen LogP contribution in [0.1, 0.15) is 27.2 Å². The second kappa shape index (κ2) is 7.07. The third kappa shape index (κ3) is 3.93. The zero-order chi connectivity index (χ0) is 13.6. The maximum atomic E-state index is 11.6. The largest absolute Gasteiger partial charge is 0.382 e. The lowest BCUT2D eigenvalue weighted by Gasteiger charge is -2.51. The molecule has 0 heterocycles. The van der Waals surface area contributed by atoms with Crippen molar-refractivity contribution in [1.29, 1.82) is 0 Å². The zero-order valence-electron chi connectivity index (χ0n) is 11.8. The van der Waals surface area contributed by atoms with Gasteiger partial charge >= 0.3 is 0 Å². The van der Waals surface area contributed by atoms with Crippen LogP contribution in [0.4, 0.5) is 0 Å².